The molecule has 0 radical (unpaired) electrons. The van der Waals surface area contributed by atoms with Gasteiger partial charge in [-0.15, -0.1) is 0 Å². The highest BCUT2D eigenvalue weighted by molar-refractivity contribution is 5.72. The average molecular weight is 536 g/mol. The molecule has 0 bridgehead atoms. The fourth-order valence-electron chi connectivity index (χ4n) is 4.57. The molecule has 0 saturated carbocycles. The molecule has 0 spiro atoms. The predicted octanol–water partition coefficient (Wildman–Crippen LogP) is 11.6. The topological polar surface area (TPSA) is 26.0 Å². The minimum absolute atomic E-state index is 0.761. The van der Waals surface area contributed by atoms with Crippen molar-refractivity contribution in [3.05, 3.63) is 77.4 Å². The number of nitrogens with two attached hydrogens (primary N) is 1. The monoisotopic (exact) mass is 536 g/mol. The molecule has 0 heterocycles. The number of hydrogen-bond donors (Lipinski definition) is 1. The lowest BCUT2D eigenvalue weighted by Crippen LogP contribution is -1.98. The Labute approximate surface area is 245 Å². The molecule has 2 aromatic carbocycles. The van der Waals surface area contributed by atoms with Gasteiger partial charge in [-0.2, -0.15) is 0 Å². The first kappa shape index (κ1) is 37.1. The Bertz CT molecular complexity index is 815. The molecular formula is C38H65N. The van der Waals surface area contributed by atoms with E-state index in [-0.39, 0.29) is 0 Å². The number of benzene rings is 2. The number of rotatable bonds is 12. The van der Waals surface area contributed by atoms with Gasteiger partial charge in [-0.3, -0.25) is 0 Å². The Balaban J connectivity index is 0.000000507. The van der Waals surface area contributed by atoms with Crippen molar-refractivity contribution in [1.29, 1.82) is 0 Å². The molecule has 1 aliphatic carbocycles. The van der Waals surface area contributed by atoms with Crippen LogP contribution in [0.5, 0.6) is 0 Å². The van der Waals surface area contributed by atoms with Gasteiger partial charge in [0.1, 0.15) is 0 Å². The summed E-state index contributed by atoms with van der Waals surface area (Å²) < 4.78 is 0. The van der Waals surface area contributed by atoms with Gasteiger partial charge in [0.05, 0.1) is 0 Å². The second-order valence-electron chi connectivity index (χ2n) is 12.8. The lowest BCUT2D eigenvalue weighted by molar-refractivity contribution is 0.534. The van der Waals surface area contributed by atoms with E-state index in [9.17, 15) is 0 Å². The lowest BCUT2D eigenvalue weighted by atomic mass is 9.98. The van der Waals surface area contributed by atoms with Crippen LogP contribution in [0.4, 0.5) is 0 Å². The molecule has 2 N–H and O–H groups in total. The Kier molecular flexibility index (Phi) is 22.8. The SMILES string of the molecule is CC(C)CC1=CCc2ccccc21.CC(C)CCCCN.CC(C)Cc1ccccc1.CCCCCC(C)C. The quantitative estimate of drug-likeness (QED) is 0.269. The van der Waals surface area contributed by atoms with Gasteiger partial charge in [-0.25, -0.2) is 0 Å². The molecule has 0 saturated heterocycles. The highest BCUT2D eigenvalue weighted by Gasteiger charge is 2.13. The highest BCUT2D eigenvalue weighted by Crippen LogP contribution is 2.31. The molecule has 0 fully saturated rings. The maximum atomic E-state index is 5.31. The van der Waals surface area contributed by atoms with Crippen LogP contribution >= 0.6 is 0 Å². The van der Waals surface area contributed by atoms with Gasteiger partial charge in [0.2, 0.25) is 0 Å². The van der Waals surface area contributed by atoms with Crippen LogP contribution in [0.3, 0.4) is 0 Å². The number of hydrogen-bond acceptors (Lipinski definition) is 1. The molecular weight excluding hydrogens is 470 g/mol. The van der Waals surface area contributed by atoms with Gasteiger partial charge < -0.3 is 5.73 Å². The van der Waals surface area contributed by atoms with Crippen LogP contribution in [-0.4, -0.2) is 6.54 Å². The van der Waals surface area contributed by atoms with Crippen molar-refractivity contribution in [2.75, 3.05) is 6.54 Å². The lowest BCUT2D eigenvalue weighted by Gasteiger charge is -2.07. The Morgan fingerprint density at radius 2 is 1.15 bits per heavy atom. The minimum atomic E-state index is 0.761. The third-order valence-corrected chi connectivity index (χ3v) is 6.67. The molecule has 2 aromatic rings. The smallest absolute Gasteiger partial charge is 0.00773 e. The fourth-order valence-corrected chi connectivity index (χ4v) is 4.57. The molecule has 0 unspecified atom stereocenters. The minimum Gasteiger partial charge on any atom is -0.330 e. The first-order chi connectivity index (χ1) is 18.6. The van der Waals surface area contributed by atoms with Crippen molar-refractivity contribution in [2.45, 2.75) is 127 Å². The summed E-state index contributed by atoms with van der Waals surface area (Å²) in [6.07, 6.45) is 15.4. The molecule has 0 amide bonds. The molecule has 1 nitrogen and oxygen atoms in total. The van der Waals surface area contributed by atoms with E-state index in [0.29, 0.717) is 0 Å². The van der Waals surface area contributed by atoms with E-state index in [1.54, 1.807) is 5.57 Å². The fraction of sp³-hybridized carbons (Fsp3) is 0.632. The summed E-state index contributed by atoms with van der Waals surface area (Å²) in [5.41, 5.74) is 11.3. The standard InChI is InChI=1S/C13H16.C10H14.C8H18.C7H17N/c1-10(2)9-12-8-7-11-5-3-4-6-13(11)12;1-9(2)8-10-6-4-3-5-7-10;1-4-5-6-7-8(2)3;1-7(2)5-3-4-6-8/h3-6,8,10H,7,9H2,1-2H3;3-7,9H,8H2,1-2H3;8H,4-7H2,1-3H3;7H,3-6,8H2,1-2H3. The van der Waals surface area contributed by atoms with Crippen LogP contribution in [0.2, 0.25) is 0 Å². The van der Waals surface area contributed by atoms with E-state index in [4.69, 9.17) is 5.73 Å². The zero-order valence-corrected chi connectivity index (χ0v) is 27.4. The van der Waals surface area contributed by atoms with Crippen LogP contribution in [0, 0.1) is 23.7 Å². The summed E-state index contributed by atoms with van der Waals surface area (Å²) in [7, 11) is 0. The van der Waals surface area contributed by atoms with Crippen molar-refractivity contribution in [3.8, 4) is 0 Å². The summed E-state index contributed by atoms with van der Waals surface area (Å²) in [4.78, 5) is 0. The molecule has 0 aliphatic heterocycles. The largest absolute Gasteiger partial charge is 0.330 e. The molecule has 39 heavy (non-hydrogen) atoms. The van der Waals surface area contributed by atoms with Crippen LogP contribution in [-0.2, 0) is 12.8 Å². The Morgan fingerprint density at radius 3 is 1.67 bits per heavy atom. The zero-order valence-electron chi connectivity index (χ0n) is 27.4. The normalized spacial score (nSPS) is 11.8. The summed E-state index contributed by atoms with van der Waals surface area (Å²) >= 11 is 0. The number of allylic oxidation sites excluding steroid dienone is 2. The molecule has 0 atom stereocenters. The van der Waals surface area contributed by atoms with E-state index in [2.05, 4.69) is 123 Å². The van der Waals surface area contributed by atoms with Gasteiger partial charge in [0.15, 0.2) is 0 Å². The highest BCUT2D eigenvalue weighted by atomic mass is 14.5. The number of unbranched alkanes of at least 4 members (excludes halogenated alkanes) is 3. The van der Waals surface area contributed by atoms with Crippen molar-refractivity contribution >= 4 is 5.57 Å². The second-order valence-corrected chi connectivity index (χ2v) is 12.8. The van der Waals surface area contributed by atoms with Gasteiger partial charge >= 0.3 is 0 Å². The van der Waals surface area contributed by atoms with Crippen molar-refractivity contribution in [1.82, 2.24) is 0 Å². The van der Waals surface area contributed by atoms with Crippen molar-refractivity contribution in [2.24, 2.45) is 29.4 Å². The summed E-state index contributed by atoms with van der Waals surface area (Å²) in [5.74, 6) is 3.28. The van der Waals surface area contributed by atoms with Gasteiger partial charge in [-0.1, -0.05) is 162 Å². The van der Waals surface area contributed by atoms with Crippen LogP contribution in [0.25, 0.3) is 5.57 Å². The first-order valence-corrected chi connectivity index (χ1v) is 16.1. The van der Waals surface area contributed by atoms with Crippen LogP contribution in [0.1, 0.15) is 130 Å². The third-order valence-electron chi connectivity index (χ3n) is 6.67. The molecule has 3 rings (SSSR count). The second kappa shape index (κ2) is 24.0. The maximum Gasteiger partial charge on any atom is -0.00773 e. The molecule has 1 heteroatoms. The Morgan fingerprint density at radius 1 is 0.615 bits per heavy atom. The van der Waals surface area contributed by atoms with E-state index in [1.807, 2.05) is 0 Å². The van der Waals surface area contributed by atoms with Crippen LogP contribution in [0.15, 0.2) is 60.7 Å². The zero-order chi connectivity index (χ0) is 29.5. The summed E-state index contributed by atoms with van der Waals surface area (Å²) in [6.45, 7) is 21.2. The first-order valence-electron chi connectivity index (χ1n) is 16.1. The van der Waals surface area contributed by atoms with Gasteiger partial charge in [0.25, 0.3) is 0 Å². The molecule has 1 aliphatic rings. The van der Waals surface area contributed by atoms with E-state index < -0.39 is 0 Å². The Hall–Kier alpha value is -1.86. The van der Waals surface area contributed by atoms with Crippen molar-refractivity contribution in [3.63, 3.8) is 0 Å². The van der Waals surface area contributed by atoms with Gasteiger partial charge in [0, 0.05) is 0 Å². The van der Waals surface area contributed by atoms with E-state index >= 15 is 0 Å². The predicted molar refractivity (Wildman–Crippen MR) is 179 cm³/mol. The molecule has 0 aromatic heterocycles. The summed E-state index contributed by atoms with van der Waals surface area (Å²) in [6, 6.07) is 19.4. The van der Waals surface area contributed by atoms with Crippen LogP contribution < -0.4 is 5.73 Å². The van der Waals surface area contributed by atoms with E-state index in [0.717, 1.165) is 36.6 Å². The molecule has 222 valence electrons. The van der Waals surface area contributed by atoms with Crippen molar-refractivity contribution < 1.29 is 0 Å². The maximum absolute atomic E-state index is 5.31. The third kappa shape index (κ3) is 21.6. The average Bonchev–Trinajstić information content (AvgIpc) is 3.28. The van der Waals surface area contributed by atoms with Gasteiger partial charge in [-0.05, 0) is 78.2 Å². The summed E-state index contributed by atoms with van der Waals surface area (Å²) in [5, 5.41) is 0. The van der Waals surface area contributed by atoms with E-state index in [1.165, 1.54) is 74.5 Å². The number of fused-ring (bicyclic) bond motifs is 1.